The molecule has 1 atom stereocenters. The Bertz CT molecular complexity index is 377. The van der Waals surface area contributed by atoms with Crippen LogP contribution in [0, 0.1) is 5.92 Å². The smallest absolute Gasteiger partial charge is 0.120 e. The zero-order chi connectivity index (χ0) is 13.2. The first-order valence-corrected chi connectivity index (χ1v) is 7.00. The Morgan fingerprint density at radius 1 is 1.11 bits per heavy atom. The Kier molecular flexibility index (Phi) is 5.69. The second-order valence-electron chi connectivity index (χ2n) is 6.35. The molecule has 19 heavy (non-hydrogen) atoms. The van der Waals surface area contributed by atoms with E-state index in [0.717, 1.165) is 5.75 Å². The van der Waals surface area contributed by atoms with E-state index in [0.29, 0.717) is 5.92 Å². The molecule has 0 heterocycles. The van der Waals surface area contributed by atoms with Crippen LogP contribution in [0.3, 0.4) is 0 Å². The van der Waals surface area contributed by atoms with Crippen LogP contribution < -0.4 is 10.5 Å². The van der Waals surface area contributed by atoms with Crippen molar-refractivity contribution >= 4 is 12.4 Å². The molecule has 2 nitrogen and oxygen atoms in total. The van der Waals surface area contributed by atoms with Gasteiger partial charge >= 0.3 is 0 Å². The monoisotopic (exact) mass is 283 g/mol. The number of halogens is 1. The quantitative estimate of drug-likeness (QED) is 0.888. The summed E-state index contributed by atoms with van der Waals surface area (Å²) in [5.41, 5.74) is 7.43. The van der Waals surface area contributed by atoms with Gasteiger partial charge in [-0.05, 0) is 57.2 Å². The van der Waals surface area contributed by atoms with Gasteiger partial charge in [-0.2, -0.15) is 0 Å². The molecule has 1 aliphatic rings. The van der Waals surface area contributed by atoms with Crippen molar-refractivity contribution in [3.63, 3.8) is 0 Å². The Labute approximate surface area is 123 Å². The van der Waals surface area contributed by atoms with Crippen molar-refractivity contribution in [3.05, 3.63) is 29.8 Å². The van der Waals surface area contributed by atoms with Crippen LogP contribution in [0.5, 0.6) is 5.75 Å². The molecule has 1 aromatic carbocycles. The molecule has 1 aliphatic carbocycles. The molecule has 1 fully saturated rings. The molecule has 0 saturated heterocycles. The standard InChI is InChI=1S/C16H25NO.ClH/c1-16(2,3)18-14-10-8-13(9-11-14)15(17)12-6-4-5-7-12;/h8-12,15H,4-7,17H2,1-3H3;1H/t15-;/m1./s1. The molecule has 0 bridgehead atoms. The van der Waals surface area contributed by atoms with Crippen molar-refractivity contribution in [1.29, 1.82) is 0 Å². The third-order valence-electron chi connectivity index (χ3n) is 3.60. The van der Waals surface area contributed by atoms with E-state index in [9.17, 15) is 0 Å². The molecule has 1 aromatic rings. The summed E-state index contributed by atoms with van der Waals surface area (Å²) in [6.45, 7) is 6.18. The first-order valence-electron chi connectivity index (χ1n) is 7.00. The highest BCUT2D eigenvalue weighted by atomic mass is 35.5. The highest BCUT2D eigenvalue weighted by molar-refractivity contribution is 5.85. The summed E-state index contributed by atoms with van der Waals surface area (Å²) >= 11 is 0. The number of benzene rings is 1. The zero-order valence-electron chi connectivity index (χ0n) is 12.2. The first-order chi connectivity index (χ1) is 8.46. The lowest BCUT2D eigenvalue weighted by molar-refractivity contribution is 0.131. The highest BCUT2D eigenvalue weighted by Crippen LogP contribution is 2.34. The second kappa shape index (κ2) is 6.62. The number of ether oxygens (including phenoxy) is 1. The molecule has 0 aliphatic heterocycles. The Balaban J connectivity index is 0.00000180. The van der Waals surface area contributed by atoms with Crippen LogP contribution in [-0.2, 0) is 0 Å². The lowest BCUT2D eigenvalue weighted by Gasteiger charge is -2.23. The van der Waals surface area contributed by atoms with Gasteiger partial charge in [-0.15, -0.1) is 12.4 Å². The SMILES string of the molecule is CC(C)(C)Oc1ccc([C@H](N)C2CCCC2)cc1.Cl. The molecule has 108 valence electrons. The average Bonchev–Trinajstić information content (AvgIpc) is 2.80. The molecular weight excluding hydrogens is 258 g/mol. The van der Waals surface area contributed by atoms with Crippen LogP contribution in [-0.4, -0.2) is 5.60 Å². The number of hydrogen-bond donors (Lipinski definition) is 1. The van der Waals surface area contributed by atoms with Crippen molar-refractivity contribution < 1.29 is 4.74 Å². The van der Waals surface area contributed by atoms with Crippen LogP contribution >= 0.6 is 12.4 Å². The lowest BCUT2D eigenvalue weighted by Crippen LogP contribution is -2.23. The topological polar surface area (TPSA) is 35.2 Å². The number of rotatable bonds is 3. The van der Waals surface area contributed by atoms with Crippen molar-refractivity contribution in [1.82, 2.24) is 0 Å². The van der Waals surface area contributed by atoms with Gasteiger partial charge in [0.15, 0.2) is 0 Å². The second-order valence-corrected chi connectivity index (χ2v) is 6.35. The fourth-order valence-electron chi connectivity index (χ4n) is 2.70. The summed E-state index contributed by atoms with van der Waals surface area (Å²) in [4.78, 5) is 0. The van der Waals surface area contributed by atoms with E-state index < -0.39 is 0 Å². The molecule has 2 N–H and O–H groups in total. The van der Waals surface area contributed by atoms with Gasteiger partial charge in [0.25, 0.3) is 0 Å². The summed E-state index contributed by atoms with van der Waals surface area (Å²) < 4.78 is 5.82. The molecule has 0 amide bonds. The van der Waals surface area contributed by atoms with Crippen molar-refractivity contribution in [3.8, 4) is 5.75 Å². The molecule has 0 spiro atoms. The molecule has 0 unspecified atom stereocenters. The van der Waals surface area contributed by atoms with E-state index in [1.165, 1.54) is 31.2 Å². The summed E-state index contributed by atoms with van der Waals surface area (Å²) in [6.07, 6.45) is 5.23. The van der Waals surface area contributed by atoms with Gasteiger partial charge in [0.2, 0.25) is 0 Å². The molecule has 0 aromatic heterocycles. The van der Waals surface area contributed by atoms with E-state index in [1.54, 1.807) is 0 Å². The normalized spacial score (nSPS) is 17.9. The van der Waals surface area contributed by atoms with Gasteiger partial charge in [-0.25, -0.2) is 0 Å². The largest absolute Gasteiger partial charge is 0.488 e. The molecule has 0 radical (unpaired) electrons. The number of nitrogens with two attached hydrogens (primary N) is 1. The van der Waals surface area contributed by atoms with Crippen molar-refractivity contribution in [2.45, 2.75) is 58.1 Å². The lowest BCUT2D eigenvalue weighted by atomic mass is 9.92. The first kappa shape index (κ1) is 16.3. The average molecular weight is 284 g/mol. The summed E-state index contributed by atoms with van der Waals surface area (Å²) in [5.74, 6) is 1.59. The minimum absolute atomic E-state index is 0. The highest BCUT2D eigenvalue weighted by Gasteiger charge is 2.23. The summed E-state index contributed by atoms with van der Waals surface area (Å²) in [5, 5.41) is 0. The third kappa shape index (κ3) is 4.70. The minimum atomic E-state index is -0.144. The van der Waals surface area contributed by atoms with E-state index in [1.807, 2.05) is 12.1 Å². The molecule has 3 heteroatoms. The Morgan fingerprint density at radius 2 is 1.63 bits per heavy atom. The van der Waals surface area contributed by atoms with Gasteiger partial charge in [-0.1, -0.05) is 25.0 Å². The predicted octanol–water partition coefficient (Wildman–Crippen LogP) is 4.48. The van der Waals surface area contributed by atoms with Gasteiger partial charge in [0.1, 0.15) is 11.4 Å². The maximum Gasteiger partial charge on any atom is 0.120 e. The van der Waals surface area contributed by atoms with Crippen molar-refractivity contribution in [2.75, 3.05) is 0 Å². The van der Waals surface area contributed by atoms with E-state index in [2.05, 4.69) is 32.9 Å². The van der Waals surface area contributed by atoms with Gasteiger partial charge < -0.3 is 10.5 Å². The van der Waals surface area contributed by atoms with Crippen LogP contribution in [0.1, 0.15) is 58.1 Å². The van der Waals surface area contributed by atoms with E-state index in [4.69, 9.17) is 10.5 Å². The van der Waals surface area contributed by atoms with Crippen LogP contribution in [0.2, 0.25) is 0 Å². The minimum Gasteiger partial charge on any atom is -0.488 e. The van der Waals surface area contributed by atoms with Crippen LogP contribution in [0.25, 0.3) is 0 Å². The summed E-state index contributed by atoms with van der Waals surface area (Å²) in [7, 11) is 0. The van der Waals surface area contributed by atoms with E-state index >= 15 is 0 Å². The van der Waals surface area contributed by atoms with Gasteiger partial charge in [-0.3, -0.25) is 0 Å². The maximum absolute atomic E-state index is 6.34. The van der Waals surface area contributed by atoms with E-state index in [-0.39, 0.29) is 24.0 Å². The Hall–Kier alpha value is -0.730. The fourth-order valence-corrected chi connectivity index (χ4v) is 2.70. The fraction of sp³-hybridized carbons (Fsp3) is 0.625. The van der Waals surface area contributed by atoms with Gasteiger partial charge in [0.05, 0.1) is 0 Å². The van der Waals surface area contributed by atoms with Crippen LogP contribution in [0.4, 0.5) is 0 Å². The summed E-state index contributed by atoms with van der Waals surface area (Å²) in [6, 6.07) is 8.50. The van der Waals surface area contributed by atoms with Crippen LogP contribution in [0.15, 0.2) is 24.3 Å². The third-order valence-corrected chi connectivity index (χ3v) is 3.60. The predicted molar refractivity (Wildman–Crippen MR) is 83.0 cm³/mol. The molecule has 1 saturated carbocycles. The van der Waals surface area contributed by atoms with Gasteiger partial charge in [0, 0.05) is 6.04 Å². The number of hydrogen-bond acceptors (Lipinski definition) is 2. The van der Waals surface area contributed by atoms with Crippen molar-refractivity contribution in [2.24, 2.45) is 11.7 Å². The Morgan fingerprint density at radius 3 is 2.11 bits per heavy atom. The maximum atomic E-state index is 6.34. The zero-order valence-corrected chi connectivity index (χ0v) is 13.0. The molecular formula is C16H26ClNO. The molecule has 2 rings (SSSR count).